The zero-order chi connectivity index (χ0) is 41.4. The molecule has 0 spiro atoms. The van der Waals surface area contributed by atoms with Gasteiger partial charge in [-0.2, -0.15) is 0 Å². The van der Waals surface area contributed by atoms with Gasteiger partial charge in [0.15, 0.2) is 0 Å². The standard InChI is InChI=1S/C59H37N3S/c1-4-18-38(19-5-1)55-56-49-36-41(32-33-50(49)60-57(39-20-6-2-7-21-39)59(56)63-58(55)40-22-8-3-9-23-40)42-34-43(61-51-28-14-10-24-45(51)46-25-11-15-29-52(46)61)37-44(35-42)62-53-30-16-12-26-47(53)48-27-13-17-31-54(48)62/h1-37H. The van der Waals surface area contributed by atoms with Crippen LogP contribution in [0.25, 0.3) is 120 Å². The fourth-order valence-corrected chi connectivity index (χ4v) is 11.3. The number of para-hydroxylation sites is 4. The largest absolute Gasteiger partial charge is 0.309 e. The Morgan fingerprint density at radius 2 is 0.778 bits per heavy atom. The summed E-state index contributed by atoms with van der Waals surface area (Å²) >= 11 is 1.85. The Balaban J connectivity index is 1.14. The number of fused-ring (bicyclic) bond motifs is 9. The van der Waals surface area contributed by atoms with E-state index in [1.54, 1.807) is 0 Å². The molecule has 13 aromatic rings. The molecule has 0 bridgehead atoms. The Morgan fingerprint density at radius 1 is 0.333 bits per heavy atom. The van der Waals surface area contributed by atoms with E-state index in [-0.39, 0.29) is 0 Å². The molecule has 0 radical (unpaired) electrons. The van der Waals surface area contributed by atoms with Crippen molar-refractivity contribution in [2.45, 2.75) is 0 Å². The van der Waals surface area contributed by atoms with Gasteiger partial charge in [-0.15, -0.1) is 11.3 Å². The number of pyridine rings is 1. The van der Waals surface area contributed by atoms with Crippen LogP contribution in [-0.2, 0) is 0 Å². The third-order valence-electron chi connectivity index (χ3n) is 12.7. The number of rotatable bonds is 6. The molecule has 0 fully saturated rings. The van der Waals surface area contributed by atoms with E-state index in [1.807, 2.05) is 11.3 Å². The molecule has 294 valence electrons. The Labute approximate surface area is 368 Å². The van der Waals surface area contributed by atoms with Gasteiger partial charge < -0.3 is 9.13 Å². The van der Waals surface area contributed by atoms with Gasteiger partial charge in [0, 0.05) is 59.7 Å². The minimum absolute atomic E-state index is 0.973. The van der Waals surface area contributed by atoms with Gasteiger partial charge in [-0.3, -0.25) is 0 Å². The van der Waals surface area contributed by atoms with Gasteiger partial charge in [-0.1, -0.05) is 170 Å². The van der Waals surface area contributed by atoms with Crippen LogP contribution in [0.5, 0.6) is 0 Å². The van der Waals surface area contributed by atoms with Crippen LogP contribution in [0, 0.1) is 0 Å². The molecular weight excluding hydrogens is 783 g/mol. The molecule has 0 amide bonds. The van der Waals surface area contributed by atoms with Gasteiger partial charge in [0.05, 0.1) is 38.0 Å². The molecule has 0 saturated carbocycles. The summed E-state index contributed by atoms with van der Waals surface area (Å²) in [7, 11) is 0. The van der Waals surface area contributed by atoms with E-state index < -0.39 is 0 Å². The molecule has 4 heterocycles. The first-order valence-electron chi connectivity index (χ1n) is 21.5. The summed E-state index contributed by atoms with van der Waals surface area (Å²) in [6.07, 6.45) is 0. The molecular formula is C59H37N3S. The zero-order valence-corrected chi connectivity index (χ0v) is 34.9. The number of thiophene rings is 1. The first-order valence-corrected chi connectivity index (χ1v) is 22.3. The van der Waals surface area contributed by atoms with Crippen molar-refractivity contribution in [2.24, 2.45) is 0 Å². The van der Waals surface area contributed by atoms with Gasteiger partial charge in [0.1, 0.15) is 0 Å². The highest BCUT2D eigenvalue weighted by Crippen LogP contribution is 2.50. The lowest BCUT2D eigenvalue weighted by molar-refractivity contribution is 1.13. The quantitative estimate of drug-likeness (QED) is 0.164. The maximum atomic E-state index is 5.51. The normalized spacial score (nSPS) is 11.8. The fraction of sp³-hybridized carbons (Fsp3) is 0. The first-order chi connectivity index (χ1) is 31.3. The van der Waals surface area contributed by atoms with Crippen LogP contribution in [-0.4, -0.2) is 14.1 Å². The molecule has 9 aromatic carbocycles. The number of benzene rings is 9. The van der Waals surface area contributed by atoms with Crippen LogP contribution in [0.3, 0.4) is 0 Å². The van der Waals surface area contributed by atoms with E-state index in [9.17, 15) is 0 Å². The molecule has 3 nitrogen and oxygen atoms in total. The van der Waals surface area contributed by atoms with Gasteiger partial charge in [-0.25, -0.2) is 4.98 Å². The molecule has 0 aliphatic rings. The molecule has 0 saturated heterocycles. The lowest BCUT2D eigenvalue weighted by atomic mass is 9.94. The van der Waals surface area contributed by atoms with Crippen molar-refractivity contribution in [1.29, 1.82) is 0 Å². The number of hydrogen-bond acceptors (Lipinski definition) is 2. The van der Waals surface area contributed by atoms with Crippen molar-refractivity contribution >= 4 is 75.9 Å². The van der Waals surface area contributed by atoms with Crippen molar-refractivity contribution in [3.63, 3.8) is 0 Å². The number of aromatic nitrogens is 3. The van der Waals surface area contributed by atoms with Crippen LogP contribution in [0.15, 0.2) is 224 Å². The molecule has 0 aliphatic carbocycles. The van der Waals surface area contributed by atoms with Gasteiger partial charge in [0.25, 0.3) is 0 Å². The summed E-state index contributed by atoms with van der Waals surface area (Å²) in [4.78, 5) is 6.75. The van der Waals surface area contributed by atoms with Crippen molar-refractivity contribution in [3.05, 3.63) is 224 Å². The van der Waals surface area contributed by atoms with Gasteiger partial charge >= 0.3 is 0 Å². The topological polar surface area (TPSA) is 22.8 Å². The zero-order valence-electron chi connectivity index (χ0n) is 34.1. The highest BCUT2D eigenvalue weighted by atomic mass is 32.1. The van der Waals surface area contributed by atoms with Crippen LogP contribution < -0.4 is 0 Å². The second-order valence-electron chi connectivity index (χ2n) is 16.3. The fourth-order valence-electron chi connectivity index (χ4n) is 9.93. The highest BCUT2D eigenvalue weighted by molar-refractivity contribution is 7.23. The minimum atomic E-state index is 0.973. The third-order valence-corrected chi connectivity index (χ3v) is 13.9. The van der Waals surface area contributed by atoms with E-state index in [2.05, 4.69) is 234 Å². The SMILES string of the molecule is c1ccc(-c2sc3c(-c4ccccc4)nc4ccc(-c5cc(-n6c7ccccc7c7ccccc76)cc(-n6c7ccccc7c7ccccc76)c5)cc4c3c2-c2ccccc2)cc1. The summed E-state index contributed by atoms with van der Waals surface area (Å²) in [5, 5.41) is 7.34. The number of hydrogen-bond donors (Lipinski definition) is 0. The Bertz CT molecular complexity index is 3660. The Hall–Kier alpha value is -8.05. The van der Waals surface area contributed by atoms with E-state index in [0.717, 1.165) is 44.7 Å². The first kappa shape index (κ1) is 35.7. The van der Waals surface area contributed by atoms with Crippen molar-refractivity contribution < 1.29 is 0 Å². The summed E-state index contributed by atoms with van der Waals surface area (Å²) in [5.41, 5.74) is 16.0. The van der Waals surface area contributed by atoms with Crippen molar-refractivity contribution in [2.75, 3.05) is 0 Å². The molecule has 4 heteroatoms. The van der Waals surface area contributed by atoms with Crippen LogP contribution in [0.1, 0.15) is 0 Å². The van der Waals surface area contributed by atoms with Gasteiger partial charge in [0.2, 0.25) is 0 Å². The predicted octanol–water partition coefficient (Wildman–Crippen LogP) is 16.3. The molecule has 0 aliphatic heterocycles. The average molecular weight is 820 g/mol. The van der Waals surface area contributed by atoms with Gasteiger partial charge in [-0.05, 0) is 76.9 Å². The maximum absolute atomic E-state index is 5.51. The molecule has 0 atom stereocenters. The predicted molar refractivity (Wildman–Crippen MR) is 268 cm³/mol. The van der Waals surface area contributed by atoms with E-state index in [0.29, 0.717) is 0 Å². The summed E-state index contributed by atoms with van der Waals surface area (Å²) < 4.78 is 6.07. The van der Waals surface area contributed by atoms with Crippen LogP contribution >= 0.6 is 11.3 Å². The lowest BCUT2D eigenvalue weighted by Gasteiger charge is -2.16. The van der Waals surface area contributed by atoms with E-state index >= 15 is 0 Å². The second kappa shape index (κ2) is 14.3. The molecule has 4 aromatic heterocycles. The molecule has 63 heavy (non-hydrogen) atoms. The second-order valence-corrected chi connectivity index (χ2v) is 17.3. The molecule has 13 rings (SSSR count). The van der Waals surface area contributed by atoms with Crippen LogP contribution in [0.4, 0.5) is 0 Å². The summed E-state index contributed by atoms with van der Waals surface area (Å²) in [6, 6.07) is 81.5. The summed E-state index contributed by atoms with van der Waals surface area (Å²) in [6.45, 7) is 0. The molecule has 0 unspecified atom stereocenters. The smallest absolute Gasteiger partial charge is 0.0888 e. The number of nitrogens with zero attached hydrogens (tertiary/aromatic N) is 3. The Morgan fingerprint density at radius 3 is 1.29 bits per heavy atom. The minimum Gasteiger partial charge on any atom is -0.309 e. The average Bonchev–Trinajstić information content (AvgIpc) is 4.03. The monoisotopic (exact) mass is 819 g/mol. The third kappa shape index (κ3) is 5.62. The maximum Gasteiger partial charge on any atom is 0.0888 e. The lowest BCUT2D eigenvalue weighted by Crippen LogP contribution is -2.00. The van der Waals surface area contributed by atoms with Crippen LogP contribution in [0.2, 0.25) is 0 Å². The molecule has 0 N–H and O–H groups in total. The van der Waals surface area contributed by atoms with E-state index in [4.69, 9.17) is 4.98 Å². The van der Waals surface area contributed by atoms with E-state index in [1.165, 1.54) is 75.3 Å². The Kier molecular flexibility index (Phi) is 8.08. The summed E-state index contributed by atoms with van der Waals surface area (Å²) in [5.74, 6) is 0. The highest BCUT2D eigenvalue weighted by Gasteiger charge is 2.23. The van der Waals surface area contributed by atoms with Crippen molar-refractivity contribution in [3.8, 4) is 55.3 Å². The van der Waals surface area contributed by atoms with Crippen molar-refractivity contribution in [1.82, 2.24) is 14.1 Å².